The Bertz CT molecular complexity index is 478. The van der Waals surface area contributed by atoms with Gasteiger partial charge in [-0.1, -0.05) is 22.0 Å². The summed E-state index contributed by atoms with van der Waals surface area (Å²) in [4.78, 5) is 4.15. The molecule has 1 saturated heterocycles. The molecule has 6 heteroatoms. The predicted molar refractivity (Wildman–Crippen MR) is 75.2 cm³/mol. The zero-order chi connectivity index (χ0) is 13.0. The van der Waals surface area contributed by atoms with Gasteiger partial charge in [-0.25, -0.2) is 12.7 Å². The monoisotopic (exact) mass is 332 g/mol. The van der Waals surface area contributed by atoms with Crippen molar-refractivity contribution in [2.45, 2.75) is 12.8 Å². The van der Waals surface area contributed by atoms with Crippen molar-refractivity contribution in [2.24, 2.45) is 5.92 Å². The first-order valence-electron chi connectivity index (χ1n) is 6.05. The lowest BCUT2D eigenvalue weighted by atomic mass is 10.2. The zero-order valence-corrected chi connectivity index (χ0v) is 12.5. The molecule has 1 aromatic heterocycles. The molecule has 18 heavy (non-hydrogen) atoms. The van der Waals surface area contributed by atoms with Gasteiger partial charge in [0, 0.05) is 36.7 Å². The van der Waals surface area contributed by atoms with Crippen LogP contribution in [0.1, 0.15) is 12.1 Å². The zero-order valence-electron chi connectivity index (χ0n) is 10.1. The maximum atomic E-state index is 12.2. The van der Waals surface area contributed by atoms with Crippen LogP contribution in [0.25, 0.3) is 0 Å². The second kappa shape index (κ2) is 6.12. The van der Waals surface area contributed by atoms with E-state index in [9.17, 15) is 8.42 Å². The summed E-state index contributed by atoms with van der Waals surface area (Å²) in [5, 5.41) is 0.874. The number of pyridine rings is 1. The third-order valence-corrected chi connectivity index (χ3v) is 5.96. The van der Waals surface area contributed by atoms with E-state index in [2.05, 4.69) is 20.9 Å². The highest BCUT2D eigenvalue weighted by Crippen LogP contribution is 2.21. The normalized spacial score (nSPS) is 21.3. The minimum absolute atomic E-state index is 0.152. The maximum absolute atomic E-state index is 12.2. The molecule has 0 aliphatic carbocycles. The number of hydrogen-bond donors (Lipinski definition) is 0. The Kier molecular flexibility index (Phi) is 4.75. The quantitative estimate of drug-likeness (QED) is 0.770. The van der Waals surface area contributed by atoms with Crippen LogP contribution < -0.4 is 0 Å². The highest BCUT2D eigenvalue weighted by molar-refractivity contribution is 9.09. The Morgan fingerprint density at radius 2 is 2.28 bits per heavy atom. The Labute approximate surface area is 117 Å². The molecule has 2 heterocycles. The van der Waals surface area contributed by atoms with Gasteiger partial charge in [-0.2, -0.15) is 0 Å². The molecule has 1 unspecified atom stereocenters. The largest absolute Gasteiger partial charge is 0.261 e. The maximum Gasteiger partial charge on any atom is 0.214 e. The number of aryl methyl sites for hydroxylation is 1. The van der Waals surface area contributed by atoms with Gasteiger partial charge >= 0.3 is 0 Å². The van der Waals surface area contributed by atoms with Crippen LogP contribution in [0, 0.1) is 5.92 Å². The minimum atomic E-state index is -3.13. The van der Waals surface area contributed by atoms with Crippen LogP contribution in [0.15, 0.2) is 24.4 Å². The molecule has 100 valence electrons. The number of sulfonamides is 1. The van der Waals surface area contributed by atoms with Gasteiger partial charge in [0.1, 0.15) is 0 Å². The smallest absolute Gasteiger partial charge is 0.214 e. The Hall–Kier alpha value is -0.460. The molecule has 0 spiro atoms. The minimum Gasteiger partial charge on any atom is -0.261 e. The van der Waals surface area contributed by atoms with Gasteiger partial charge in [-0.3, -0.25) is 4.98 Å². The number of halogens is 1. The standard InChI is InChI=1S/C12H17BrN2O2S/c13-9-11-4-7-15(10-11)18(16,17)8-5-12-3-1-2-6-14-12/h1-3,6,11H,4-5,7-10H2. The van der Waals surface area contributed by atoms with E-state index in [0.29, 0.717) is 25.4 Å². The van der Waals surface area contributed by atoms with E-state index < -0.39 is 10.0 Å². The second-order valence-electron chi connectivity index (χ2n) is 4.55. The summed E-state index contributed by atoms with van der Waals surface area (Å²) in [5.74, 6) is 0.605. The molecule has 1 aromatic rings. The molecule has 1 aliphatic heterocycles. The molecule has 2 rings (SSSR count). The highest BCUT2D eigenvalue weighted by atomic mass is 79.9. The summed E-state index contributed by atoms with van der Waals surface area (Å²) in [7, 11) is -3.13. The van der Waals surface area contributed by atoms with Gasteiger partial charge in [-0.05, 0) is 24.5 Å². The Morgan fingerprint density at radius 3 is 2.89 bits per heavy atom. The van der Waals surface area contributed by atoms with Crippen molar-refractivity contribution in [2.75, 3.05) is 24.2 Å². The molecule has 0 saturated carbocycles. The van der Waals surface area contributed by atoms with Crippen LogP contribution in [0.2, 0.25) is 0 Å². The fourth-order valence-corrected chi connectivity index (χ4v) is 4.16. The number of hydrogen-bond acceptors (Lipinski definition) is 3. The molecular weight excluding hydrogens is 316 g/mol. The van der Waals surface area contributed by atoms with Crippen LogP contribution >= 0.6 is 15.9 Å². The van der Waals surface area contributed by atoms with Crippen molar-refractivity contribution < 1.29 is 8.42 Å². The molecule has 0 N–H and O–H groups in total. The summed E-state index contributed by atoms with van der Waals surface area (Å²) < 4.78 is 25.9. The van der Waals surface area contributed by atoms with Gasteiger partial charge in [0.2, 0.25) is 10.0 Å². The summed E-state index contributed by atoms with van der Waals surface area (Å²) in [5.41, 5.74) is 0.831. The average molecular weight is 333 g/mol. The number of nitrogens with zero attached hydrogens (tertiary/aromatic N) is 2. The van der Waals surface area contributed by atoms with Crippen LogP contribution in [0.3, 0.4) is 0 Å². The number of alkyl halides is 1. The van der Waals surface area contributed by atoms with Gasteiger partial charge in [-0.15, -0.1) is 0 Å². The first kappa shape index (κ1) is 14.0. The predicted octanol–water partition coefficient (Wildman–Crippen LogP) is 1.67. The van der Waals surface area contributed by atoms with Crippen molar-refractivity contribution in [3.8, 4) is 0 Å². The summed E-state index contributed by atoms with van der Waals surface area (Å²) >= 11 is 3.41. The van der Waals surface area contributed by atoms with Crippen LogP contribution in [-0.2, 0) is 16.4 Å². The second-order valence-corrected chi connectivity index (χ2v) is 7.29. The lowest BCUT2D eigenvalue weighted by molar-refractivity contribution is 0.465. The fourth-order valence-electron chi connectivity index (χ4n) is 2.08. The van der Waals surface area contributed by atoms with Crippen molar-refractivity contribution in [3.05, 3.63) is 30.1 Å². The lowest BCUT2D eigenvalue weighted by Gasteiger charge is -2.15. The molecule has 1 atom stereocenters. The first-order valence-corrected chi connectivity index (χ1v) is 8.78. The van der Waals surface area contributed by atoms with Crippen molar-refractivity contribution in [3.63, 3.8) is 0 Å². The third-order valence-electron chi connectivity index (χ3n) is 3.20. The van der Waals surface area contributed by atoms with Crippen LogP contribution in [-0.4, -0.2) is 41.9 Å². The SMILES string of the molecule is O=S(=O)(CCc1ccccn1)N1CCC(CBr)C1. The molecule has 0 aromatic carbocycles. The molecule has 1 aliphatic rings. The molecule has 0 radical (unpaired) electrons. The topological polar surface area (TPSA) is 50.3 Å². The van der Waals surface area contributed by atoms with Gasteiger partial charge in [0.15, 0.2) is 0 Å². The van der Waals surface area contributed by atoms with E-state index in [0.717, 1.165) is 17.4 Å². The van der Waals surface area contributed by atoms with Gasteiger partial charge in [0.05, 0.1) is 5.75 Å². The van der Waals surface area contributed by atoms with E-state index >= 15 is 0 Å². The average Bonchev–Trinajstić information content (AvgIpc) is 2.87. The van der Waals surface area contributed by atoms with E-state index in [1.165, 1.54) is 0 Å². The summed E-state index contributed by atoms with van der Waals surface area (Å²) in [6, 6.07) is 5.57. The molecule has 0 bridgehead atoms. The van der Waals surface area contributed by atoms with E-state index in [4.69, 9.17) is 0 Å². The van der Waals surface area contributed by atoms with Crippen LogP contribution in [0.5, 0.6) is 0 Å². The van der Waals surface area contributed by atoms with E-state index in [1.807, 2.05) is 18.2 Å². The highest BCUT2D eigenvalue weighted by Gasteiger charge is 2.30. The first-order chi connectivity index (χ1) is 8.62. The van der Waals surface area contributed by atoms with Crippen molar-refractivity contribution in [1.29, 1.82) is 0 Å². The van der Waals surface area contributed by atoms with Crippen molar-refractivity contribution in [1.82, 2.24) is 9.29 Å². The third kappa shape index (κ3) is 3.52. The number of aromatic nitrogens is 1. The fraction of sp³-hybridized carbons (Fsp3) is 0.583. The Morgan fingerprint density at radius 1 is 1.44 bits per heavy atom. The Balaban J connectivity index is 1.92. The number of rotatable bonds is 5. The van der Waals surface area contributed by atoms with Gasteiger partial charge < -0.3 is 0 Å². The molecule has 0 amide bonds. The molecule has 1 fully saturated rings. The van der Waals surface area contributed by atoms with Crippen molar-refractivity contribution >= 4 is 26.0 Å². The summed E-state index contributed by atoms with van der Waals surface area (Å²) in [6.45, 7) is 1.30. The molecule has 4 nitrogen and oxygen atoms in total. The van der Waals surface area contributed by atoms with E-state index in [1.54, 1.807) is 10.5 Å². The van der Waals surface area contributed by atoms with E-state index in [-0.39, 0.29) is 5.75 Å². The lowest BCUT2D eigenvalue weighted by Crippen LogP contribution is -2.32. The summed E-state index contributed by atoms with van der Waals surface area (Å²) in [6.07, 6.45) is 3.13. The van der Waals surface area contributed by atoms with Gasteiger partial charge in [0.25, 0.3) is 0 Å². The molecular formula is C12H17BrN2O2S. The van der Waals surface area contributed by atoms with Crippen LogP contribution in [0.4, 0.5) is 0 Å².